The quantitative estimate of drug-likeness (QED) is 0.382. The monoisotopic (exact) mass is 438 g/mol. The molecule has 0 aliphatic carbocycles. The normalized spacial score (nSPS) is 11.0. The molecule has 0 unspecified atom stereocenters. The lowest BCUT2D eigenvalue weighted by Crippen LogP contribution is -2.12. The number of carbonyl (C=O) groups is 1. The summed E-state index contributed by atoms with van der Waals surface area (Å²) in [5.74, 6) is -0.336. The van der Waals surface area contributed by atoms with Crippen molar-refractivity contribution in [2.75, 3.05) is 5.32 Å². The van der Waals surface area contributed by atoms with Gasteiger partial charge in [0.2, 0.25) is 0 Å². The van der Waals surface area contributed by atoms with Crippen LogP contribution in [0.1, 0.15) is 35.7 Å². The zero-order chi connectivity index (χ0) is 21.1. The number of nitrogens with one attached hydrogen (secondary N) is 1. The Hall–Kier alpha value is -2.89. The van der Waals surface area contributed by atoms with E-state index in [1.807, 2.05) is 18.2 Å². The van der Waals surface area contributed by atoms with Crippen LogP contribution in [0.25, 0.3) is 16.7 Å². The number of unbranched alkanes of at least 4 members (excludes halogenated alkanes) is 1. The van der Waals surface area contributed by atoms with Gasteiger partial charge in [0.25, 0.3) is 5.91 Å². The number of rotatable bonds is 6. The number of carbonyl (C=O) groups excluding carboxylic acids is 1. The summed E-state index contributed by atoms with van der Waals surface area (Å²) in [5.41, 5.74) is 4.54. The standard InChI is InChI=1S/C23H20Cl2N4O/c1-2-3-4-15-5-9-18(10-6-15)29-27-21-12-8-17(14-22(21)28-29)26-23(30)19-13-16(24)7-11-20(19)25/h5-14H,2-4H2,1H3,(H,26,30). The van der Waals surface area contributed by atoms with Crippen LogP contribution >= 0.6 is 23.2 Å². The Morgan fingerprint density at radius 2 is 1.73 bits per heavy atom. The number of hydrogen-bond donors (Lipinski definition) is 1. The van der Waals surface area contributed by atoms with Crippen molar-refractivity contribution in [3.05, 3.63) is 81.8 Å². The molecule has 5 nitrogen and oxygen atoms in total. The van der Waals surface area contributed by atoms with Crippen LogP contribution in [0.4, 0.5) is 5.69 Å². The fourth-order valence-corrected chi connectivity index (χ4v) is 3.53. The first kappa shape index (κ1) is 20.4. The maximum absolute atomic E-state index is 12.6. The predicted molar refractivity (Wildman–Crippen MR) is 122 cm³/mol. The molecular formula is C23H20Cl2N4O. The van der Waals surface area contributed by atoms with Gasteiger partial charge in [0.1, 0.15) is 11.0 Å². The maximum Gasteiger partial charge on any atom is 0.257 e. The van der Waals surface area contributed by atoms with Crippen LogP contribution in [-0.4, -0.2) is 20.9 Å². The first-order chi connectivity index (χ1) is 14.5. The molecule has 4 rings (SSSR count). The van der Waals surface area contributed by atoms with Crippen molar-refractivity contribution in [1.29, 1.82) is 0 Å². The molecule has 152 valence electrons. The fraction of sp³-hybridized carbons (Fsp3) is 0.174. The largest absolute Gasteiger partial charge is 0.322 e. The molecule has 0 atom stereocenters. The van der Waals surface area contributed by atoms with Crippen molar-refractivity contribution in [3.8, 4) is 5.69 Å². The van der Waals surface area contributed by atoms with Crippen molar-refractivity contribution in [2.45, 2.75) is 26.2 Å². The highest BCUT2D eigenvalue weighted by Crippen LogP contribution is 2.23. The number of anilines is 1. The van der Waals surface area contributed by atoms with Gasteiger partial charge in [-0.15, -0.1) is 10.2 Å². The minimum absolute atomic E-state index is 0.316. The van der Waals surface area contributed by atoms with Crippen molar-refractivity contribution >= 4 is 45.8 Å². The molecule has 0 radical (unpaired) electrons. The number of halogens is 2. The third kappa shape index (κ3) is 4.48. The Balaban J connectivity index is 1.55. The van der Waals surface area contributed by atoms with Gasteiger partial charge in [-0.25, -0.2) is 0 Å². The molecule has 4 aromatic rings. The summed E-state index contributed by atoms with van der Waals surface area (Å²) in [5, 5.41) is 12.7. The Bertz CT molecular complexity index is 1200. The van der Waals surface area contributed by atoms with Crippen LogP contribution < -0.4 is 5.32 Å². The fourth-order valence-electron chi connectivity index (χ4n) is 3.15. The highest BCUT2D eigenvalue weighted by molar-refractivity contribution is 6.36. The summed E-state index contributed by atoms with van der Waals surface area (Å²) >= 11 is 12.1. The third-order valence-corrected chi connectivity index (χ3v) is 5.36. The lowest BCUT2D eigenvalue weighted by Gasteiger charge is -2.07. The molecule has 1 N–H and O–H groups in total. The molecule has 7 heteroatoms. The second kappa shape index (κ2) is 8.86. The Labute approximate surface area is 184 Å². The average molecular weight is 439 g/mol. The Morgan fingerprint density at radius 1 is 0.967 bits per heavy atom. The van der Waals surface area contributed by atoms with E-state index in [1.165, 1.54) is 24.5 Å². The molecule has 0 spiro atoms. The summed E-state index contributed by atoms with van der Waals surface area (Å²) in [4.78, 5) is 14.2. The van der Waals surface area contributed by atoms with Crippen LogP contribution in [0.15, 0.2) is 60.7 Å². The van der Waals surface area contributed by atoms with Crippen LogP contribution in [0.5, 0.6) is 0 Å². The lowest BCUT2D eigenvalue weighted by atomic mass is 10.1. The molecule has 3 aromatic carbocycles. The third-order valence-electron chi connectivity index (χ3n) is 4.80. The molecule has 0 aliphatic rings. The topological polar surface area (TPSA) is 59.8 Å². The van der Waals surface area contributed by atoms with Gasteiger partial charge in [-0.3, -0.25) is 4.79 Å². The van der Waals surface area contributed by atoms with Crippen molar-refractivity contribution in [1.82, 2.24) is 15.0 Å². The van der Waals surface area contributed by atoms with Gasteiger partial charge in [-0.2, -0.15) is 4.80 Å². The van der Waals surface area contributed by atoms with Gasteiger partial charge < -0.3 is 5.32 Å². The summed E-state index contributed by atoms with van der Waals surface area (Å²) in [6.45, 7) is 2.19. The van der Waals surface area contributed by atoms with Crippen LogP contribution in [0.2, 0.25) is 10.0 Å². The summed E-state index contributed by atoms with van der Waals surface area (Å²) in [7, 11) is 0. The molecule has 0 aliphatic heterocycles. The first-order valence-corrected chi connectivity index (χ1v) is 10.5. The molecule has 0 saturated carbocycles. The van der Waals surface area contributed by atoms with Crippen LogP contribution in [0.3, 0.4) is 0 Å². The SMILES string of the molecule is CCCCc1ccc(-n2nc3ccc(NC(=O)c4cc(Cl)ccc4Cl)cc3n2)cc1. The minimum Gasteiger partial charge on any atom is -0.322 e. The zero-order valence-corrected chi connectivity index (χ0v) is 17.9. The molecule has 1 heterocycles. The van der Waals surface area contributed by atoms with Crippen molar-refractivity contribution in [2.24, 2.45) is 0 Å². The molecule has 0 bridgehead atoms. The number of hydrogen-bond acceptors (Lipinski definition) is 3. The van der Waals surface area contributed by atoms with E-state index < -0.39 is 0 Å². The van der Waals surface area contributed by atoms with E-state index in [1.54, 1.807) is 29.1 Å². The lowest BCUT2D eigenvalue weighted by molar-refractivity contribution is 0.102. The van der Waals surface area contributed by atoms with Gasteiger partial charge in [-0.1, -0.05) is 48.7 Å². The highest BCUT2D eigenvalue weighted by atomic mass is 35.5. The molecule has 30 heavy (non-hydrogen) atoms. The van der Waals surface area contributed by atoms with Crippen molar-refractivity contribution in [3.63, 3.8) is 0 Å². The number of amides is 1. The predicted octanol–water partition coefficient (Wildman–Crippen LogP) is 6.32. The molecule has 1 aromatic heterocycles. The minimum atomic E-state index is -0.336. The highest BCUT2D eigenvalue weighted by Gasteiger charge is 2.13. The number of aryl methyl sites for hydroxylation is 1. The van der Waals surface area contributed by atoms with Gasteiger partial charge in [-0.05, 0) is 66.9 Å². The number of fused-ring (bicyclic) bond motifs is 1. The van der Waals surface area contributed by atoms with Crippen molar-refractivity contribution < 1.29 is 4.79 Å². The Morgan fingerprint density at radius 3 is 2.50 bits per heavy atom. The molecule has 0 fully saturated rings. The zero-order valence-electron chi connectivity index (χ0n) is 16.4. The van der Waals surface area contributed by atoms with E-state index in [9.17, 15) is 4.79 Å². The number of aromatic nitrogens is 3. The van der Waals surface area contributed by atoms with Gasteiger partial charge in [0.15, 0.2) is 0 Å². The van der Waals surface area contributed by atoms with E-state index in [4.69, 9.17) is 23.2 Å². The number of benzene rings is 3. The van der Waals surface area contributed by atoms with Gasteiger partial charge in [0, 0.05) is 10.7 Å². The number of nitrogens with zero attached hydrogens (tertiary/aromatic N) is 3. The molecule has 1 amide bonds. The second-order valence-corrected chi connectivity index (χ2v) is 7.88. The van der Waals surface area contributed by atoms with E-state index >= 15 is 0 Å². The summed E-state index contributed by atoms with van der Waals surface area (Å²) in [6, 6.07) is 18.4. The van der Waals surface area contributed by atoms with E-state index in [0.29, 0.717) is 26.8 Å². The molecule has 0 saturated heterocycles. The summed E-state index contributed by atoms with van der Waals surface area (Å²) < 4.78 is 0. The average Bonchev–Trinajstić information content (AvgIpc) is 3.17. The van der Waals surface area contributed by atoms with Crippen LogP contribution in [0, 0.1) is 0 Å². The first-order valence-electron chi connectivity index (χ1n) is 9.76. The second-order valence-electron chi connectivity index (χ2n) is 7.04. The molecular weight excluding hydrogens is 419 g/mol. The van der Waals surface area contributed by atoms with Crippen LogP contribution in [-0.2, 0) is 6.42 Å². The van der Waals surface area contributed by atoms with E-state index in [0.717, 1.165) is 17.6 Å². The van der Waals surface area contributed by atoms with Gasteiger partial charge >= 0.3 is 0 Å². The maximum atomic E-state index is 12.6. The van der Waals surface area contributed by atoms with E-state index in [-0.39, 0.29) is 5.91 Å². The van der Waals surface area contributed by atoms with E-state index in [2.05, 4.69) is 34.6 Å². The summed E-state index contributed by atoms with van der Waals surface area (Å²) in [6.07, 6.45) is 3.43. The van der Waals surface area contributed by atoms with Gasteiger partial charge in [0.05, 0.1) is 16.3 Å². The Kier molecular flexibility index (Phi) is 6.02. The smallest absolute Gasteiger partial charge is 0.257 e.